The van der Waals surface area contributed by atoms with Crippen LogP contribution in [0.3, 0.4) is 0 Å². The van der Waals surface area contributed by atoms with Crippen LogP contribution in [0.2, 0.25) is 0 Å². The minimum Gasteiger partial charge on any atom is -0.495 e. The molecule has 1 amide bonds. The highest BCUT2D eigenvalue weighted by molar-refractivity contribution is 7.91. The van der Waals surface area contributed by atoms with Crippen LogP contribution in [-0.2, 0) is 14.6 Å². The minimum absolute atomic E-state index is 0.0362. The molecule has 0 N–H and O–H groups in total. The molecule has 0 bridgehead atoms. The van der Waals surface area contributed by atoms with E-state index < -0.39 is 9.84 Å². The summed E-state index contributed by atoms with van der Waals surface area (Å²) in [5.41, 5.74) is 1.30. The lowest BCUT2D eigenvalue weighted by Gasteiger charge is -2.30. The maximum Gasteiger partial charge on any atom is 0.223 e. The first-order chi connectivity index (χ1) is 13.3. The van der Waals surface area contributed by atoms with Crippen LogP contribution in [0, 0.1) is 12.8 Å². The molecule has 2 heterocycles. The van der Waals surface area contributed by atoms with Crippen molar-refractivity contribution in [3.8, 4) is 17.1 Å². The predicted octanol–water partition coefficient (Wildman–Crippen LogP) is 3.08. The van der Waals surface area contributed by atoms with Crippen molar-refractivity contribution in [2.45, 2.75) is 38.0 Å². The fourth-order valence-corrected chi connectivity index (χ4v) is 4.75. The van der Waals surface area contributed by atoms with Gasteiger partial charge >= 0.3 is 0 Å². The molecule has 0 aliphatic carbocycles. The monoisotopic (exact) mass is 406 g/mol. The number of carbonyl (C=O) groups is 1. The Bertz CT molecular complexity index is 943. The molecule has 1 aromatic heterocycles. The lowest BCUT2D eigenvalue weighted by atomic mass is 9.99. The number of sulfone groups is 1. The molecule has 1 aliphatic heterocycles. The molecule has 0 saturated carbocycles. The Labute approximate surface area is 165 Å². The van der Waals surface area contributed by atoms with Crippen molar-refractivity contribution in [1.82, 2.24) is 10.1 Å². The highest BCUT2D eigenvalue weighted by Crippen LogP contribution is 2.31. The molecule has 0 atom stereocenters. The molecular weight excluding hydrogens is 380 g/mol. The second kappa shape index (κ2) is 8.34. The predicted molar refractivity (Wildman–Crippen MR) is 105 cm³/mol. The second-order valence-electron chi connectivity index (χ2n) is 7.33. The quantitative estimate of drug-likeness (QED) is 0.732. The normalized spacial score (nSPS) is 15.6. The molecular formula is C20H26N2O5S. The highest BCUT2D eigenvalue weighted by atomic mass is 32.2. The number of carbonyl (C=O) groups excluding carboxylic acids is 1. The smallest absolute Gasteiger partial charge is 0.223 e. The molecule has 8 heteroatoms. The first kappa shape index (κ1) is 20.4. The maximum atomic E-state index is 12.9. The average molecular weight is 407 g/mol. The van der Waals surface area contributed by atoms with Gasteiger partial charge in [-0.25, -0.2) is 8.42 Å². The molecule has 1 aliphatic rings. The van der Waals surface area contributed by atoms with E-state index >= 15 is 0 Å². The van der Waals surface area contributed by atoms with Gasteiger partial charge in [0.05, 0.1) is 18.6 Å². The van der Waals surface area contributed by atoms with Crippen LogP contribution in [0.15, 0.2) is 33.7 Å². The number of amides is 1. The number of hydrogen-bond donors (Lipinski definition) is 0. The molecule has 3 rings (SSSR count). The van der Waals surface area contributed by atoms with Crippen molar-refractivity contribution in [3.63, 3.8) is 0 Å². The summed E-state index contributed by atoms with van der Waals surface area (Å²) in [5.74, 6) is 0.970. The van der Waals surface area contributed by atoms with E-state index in [4.69, 9.17) is 9.26 Å². The Kier molecular flexibility index (Phi) is 6.07. The van der Waals surface area contributed by atoms with E-state index in [1.54, 1.807) is 30.0 Å². The third-order valence-electron chi connectivity index (χ3n) is 5.13. The van der Waals surface area contributed by atoms with Crippen LogP contribution in [0.1, 0.15) is 31.9 Å². The summed E-state index contributed by atoms with van der Waals surface area (Å²) in [6.07, 6.45) is 1.89. The van der Waals surface area contributed by atoms with E-state index in [0.29, 0.717) is 36.0 Å². The molecule has 1 aromatic carbocycles. The third-order valence-corrected chi connectivity index (χ3v) is 6.86. The summed E-state index contributed by atoms with van der Waals surface area (Å²) < 4.78 is 36.4. The van der Waals surface area contributed by atoms with Gasteiger partial charge in [0.25, 0.3) is 0 Å². The summed E-state index contributed by atoms with van der Waals surface area (Å²) in [6.45, 7) is 5.36. The lowest BCUT2D eigenvalue weighted by Crippen LogP contribution is -2.38. The minimum atomic E-state index is -3.71. The van der Waals surface area contributed by atoms with Gasteiger partial charge < -0.3 is 14.2 Å². The van der Waals surface area contributed by atoms with Crippen molar-refractivity contribution >= 4 is 15.7 Å². The van der Waals surface area contributed by atoms with E-state index in [1.807, 2.05) is 0 Å². The van der Waals surface area contributed by atoms with Gasteiger partial charge in [-0.05, 0) is 43.9 Å². The number of rotatable bonds is 6. The fourth-order valence-electron chi connectivity index (χ4n) is 3.32. The van der Waals surface area contributed by atoms with Gasteiger partial charge in [-0.2, -0.15) is 0 Å². The van der Waals surface area contributed by atoms with Crippen LogP contribution < -0.4 is 4.74 Å². The molecule has 28 heavy (non-hydrogen) atoms. The van der Waals surface area contributed by atoms with Crippen LogP contribution in [0.5, 0.6) is 5.75 Å². The number of ether oxygens (including phenoxy) is 1. The number of benzene rings is 1. The Hall–Kier alpha value is -2.35. The van der Waals surface area contributed by atoms with Crippen molar-refractivity contribution in [2.24, 2.45) is 5.92 Å². The lowest BCUT2D eigenvalue weighted by molar-refractivity contribution is -0.132. The number of likely N-dealkylation sites (tertiary alicyclic amines) is 1. The van der Waals surface area contributed by atoms with E-state index in [1.165, 1.54) is 13.2 Å². The molecule has 0 radical (unpaired) electrons. The Morgan fingerprint density at radius 3 is 2.61 bits per heavy atom. The van der Waals surface area contributed by atoms with Crippen molar-refractivity contribution < 1.29 is 22.5 Å². The Morgan fingerprint density at radius 1 is 1.29 bits per heavy atom. The average Bonchev–Trinajstić information content (AvgIpc) is 3.12. The number of nitrogens with zero attached hydrogens (tertiary/aromatic N) is 2. The van der Waals surface area contributed by atoms with Gasteiger partial charge in [0.15, 0.2) is 15.6 Å². The number of aryl methyl sites for hydroxylation is 1. The largest absolute Gasteiger partial charge is 0.495 e. The first-order valence-electron chi connectivity index (χ1n) is 9.42. The van der Waals surface area contributed by atoms with Crippen LogP contribution in [0.4, 0.5) is 0 Å². The number of methoxy groups -OCH3 is 1. The van der Waals surface area contributed by atoms with Gasteiger partial charge in [-0.15, -0.1) is 0 Å². The molecule has 7 nitrogen and oxygen atoms in total. The van der Waals surface area contributed by atoms with E-state index in [0.717, 1.165) is 12.8 Å². The summed E-state index contributed by atoms with van der Waals surface area (Å²) in [4.78, 5) is 14.3. The number of aromatic nitrogens is 1. The molecule has 152 valence electrons. The third kappa shape index (κ3) is 4.55. The molecule has 0 unspecified atom stereocenters. The zero-order chi connectivity index (χ0) is 20.3. The zero-order valence-electron chi connectivity index (χ0n) is 16.5. The van der Waals surface area contributed by atoms with Gasteiger partial charge in [0.2, 0.25) is 5.91 Å². The summed E-state index contributed by atoms with van der Waals surface area (Å²) in [6, 6.07) is 6.56. The van der Waals surface area contributed by atoms with Gasteiger partial charge in [-0.3, -0.25) is 4.79 Å². The second-order valence-corrected chi connectivity index (χ2v) is 9.41. The Morgan fingerprint density at radius 2 is 2.00 bits per heavy atom. The Balaban J connectivity index is 1.77. The fraction of sp³-hybridized carbons (Fsp3) is 0.500. The maximum absolute atomic E-state index is 12.9. The molecule has 2 aromatic rings. The number of piperidine rings is 1. The standard InChI is InChI=1S/C20H26N2O5S/c1-14-6-9-22(10-7-14)20(23)8-11-28(24,25)19-13-16(4-5-17(19)26-3)18-12-15(2)21-27-18/h4-5,12-14H,6-11H2,1-3H3. The first-order valence-corrected chi connectivity index (χ1v) is 11.1. The van der Waals surface area contributed by atoms with Crippen molar-refractivity contribution in [1.29, 1.82) is 0 Å². The zero-order valence-corrected chi connectivity index (χ0v) is 17.3. The van der Waals surface area contributed by atoms with Gasteiger partial charge in [0.1, 0.15) is 10.6 Å². The molecule has 1 fully saturated rings. The van der Waals surface area contributed by atoms with Gasteiger partial charge in [0, 0.05) is 31.1 Å². The topological polar surface area (TPSA) is 89.7 Å². The summed E-state index contributed by atoms with van der Waals surface area (Å²) in [7, 11) is -2.28. The van der Waals surface area contributed by atoms with Gasteiger partial charge in [-0.1, -0.05) is 12.1 Å². The highest BCUT2D eigenvalue weighted by Gasteiger charge is 2.25. The molecule has 0 spiro atoms. The van der Waals surface area contributed by atoms with Crippen LogP contribution in [0.25, 0.3) is 11.3 Å². The van der Waals surface area contributed by atoms with Crippen molar-refractivity contribution in [2.75, 3.05) is 26.0 Å². The van der Waals surface area contributed by atoms with Crippen LogP contribution >= 0.6 is 0 Å². The van der Waals surface area contributed by atoms with Crippen molar-refractivity contribution in [3.05, 3.63) is 30.0 Å². The summed E-state index contributed by atoms with van der Waals surface area (Å²) in [5, 5.41) is 3.84. The summed E-state index contributed by atoms with van der Waals surface area (Å²) >= 11 is 0. The SMILES string of the molecule is COc1ccc(-c2cc(C)no2)cc1S(=O)(=O)CCC(=O)N1CCC(C)CC1. The van der Waals surface area contributed by atoms with E-state index in [-0.39, 0.29) is 28.7 Å². The van der Waals surface area contributed by atoms with E-state index in [9.17, 15) is 13.2 Å². The van der Waals surface area contributed by atoms with E-state index in [2.05, 4.69) is 12.1 Å². The number of hydrogen-bond acceptors (Lipinski definition) is 6. The van der Waals surface area contributed by atoms with Crippen LogP contribution in [-0.4, -0.2) is 50.3 Å². The molecule has 1 saturated heterocycles.